The van der Waals surface area contributed by atoms with E-state index >= 15 is 0 Å². The number of rotatable bonds is 14. The second-order valence-electron chi connectivity index (χ2n) is 8.45. The summed E-state index contributed by atoms with van der Waals surface area (Å²) in [5, 5.41) is 8.90. The van der Waals surface area contributed by atoms with Gasteiger partial charge in [0.25, 0.3) is 0 Å². The van der Waals surface area contributed by atoms with E-state index in [1.807, 2.05) is 78.9 Å². The lowest BCUT2D eigenvalue weighted by molar-refractivity contribution is -0.116. The van der Waals surface area contributed by atoms with E-state index in [0.29, 0.717) is 25.1 Å². The quantitative estimate of drug-likeness (QED) is 0.241. The van der Waals surface area contributed by atoms with E-state index in [2.05, 4.69) is 22.9 Å². The topological polar surface area (TPSA) is 79.5 Å². The van der Waals surface area contributed by atoms with Crippen molar-refractivity contribution in [2.75, 3.05) is 29.1 Å². The molecule has 3 aromatic rings. The average Bonchev–Trinajstić information content (AvgIpc) is 2.88. The fourth-order valence-electron chi connectivity index (χ4n) is 3.57. The maximum absolute atomic E-state index is 12.4. The first-order valence-corrected chi connectivity index (χ1v) is 12.3. The molecule has 3 rings (SSSR count). The molecule has 0 atom stereocenters. The van der Waals surface area contributed by atoms with Crippen LogP contribution in [0.15, 0.2) is 78.9 Å². The summed E-state index contributed by atoms with van der Waals surface area (Å²) in [6.45, 7) is 3.00. The lowest BCUT2D eigenvalue weighted by Crippen LogP contribution is -2.21. The lowest BCUT2D eigenvalue weighted by Gasteiger charge is -2.11. The van der Waals surface area contributed by atoms with Gasteiger partial charge in [-0.3, -0.25) is 9.59 Å². The summed E-state index contributed by atoms with van der Waals surface area (Å²) in [6, 6.07) is 24.7. The molecule has 0 bridgehead atoms. The van der Waals surface area contributed by atoms with E-state index in [1.165, 1.54) is 19.3 Å². The summed E-state index contributed by atoms with van der Waals surface area (Å²) >= 11 is 0. The molecule has 0 aromatic heterocycles. The average molecular weight is 474 g/mol. The monoisotopic (exact) mass is 473 g/mol. The molecule has 0 heterocycles. The molecular formula is C29H35N3O3. The van der Waals surface area contributed by atoms with Crippen molar-refractivity contribution in [3.8, 4) is 5.75 Å². The Kier molecular flexibility index (Phi) is 10.7. The van der Waals surface area contributed by atoms with Crippen molar-refractivity contribution in [1.82, 2.24) is 0 Å². The molecule has 0 radical (unpaired) electrons. The smallest absolute Gasteiger partial charge is 0.243 e. The minimum atomic E-state index is -0.150. The van der Waals surface area contributed by atoms with Crippen LogP contribution in [0.4, 0.5) is 17.1 Å². The first-order valence-electron chi connectivity index (χ1n) is 12.3. The maximum atomic E-state index is 12.4. The van der Waals surface area contributed by atoms with Crippen LogP contribution in [0.25, 0.3) is 0 Å². The molecule has 0 saturated carbocycles. The van der Waals surface area contributed by atoms with Crippen LogP contribution in [0.5, 0.6) is 5.75 Å². The maximum Gasteiger partial charge on any atom is 0.243 e. The van der Waals surface area contributed by atoms with Crippen molar-refractivity contribution < 1.29 is 14.3 Å². The molecule has 184 valence electrons. The van der Waals surface area contributed by atoms with Gasteiger partial charge in [0.1, 0.15) is 5.75 Å². The van der Waals surface area contributed by atoms with E-state index in [-0.39, 0.29) is 18.4 Å². The van der Waals surface area contributed by atoms with Gasteiger partial charge in [-0.05, 0) is 54.8 Å². The number of hydrogen-bond donors (Lipinski definition) is 3. The summed E-state index contributed by atoms with van der Waals surface area (Å²) in [5.41, 5.74) is 3.37. The number of anilines is 3. The fourth-order valence-corrected chi connectivity index (χ4v) is 3.57. The zero-order valence-corrected chi connectivity index (χ0v) is 20.4. The number of amides is 2. The van der Waals surface area contributed by atoms with E-state index in [0.717, 1.165) is 29.1 Å². The Bertz CT molecular complexity index is 1050. The van der Waals surface area contributed by atoms with Crippen molar-refractivity contribution >= 4 is 28.9 Å². The number of ether oxygens (including phenoxy) is 1. The molecule has 35 heavy (non-hydrogen) atoms. The van der Waals surface area contributed by atoms with Crippen molar-refractivity contribution in [3.63, 3.8) is 0 Å². The summed E-state index contributed by atoms with van der Waals surface area (Å²) in [5.74, 6) is 0.582. The van der Waals surface area contributed by atoms with Crippen LogP contribution in [0.3, 0.4) is 0 Å². The molecule has 0 aliphatic heterocycles. The number of unbranched alkanes of at least 4 members (excludes halogenated alkanes) is 3. The van der Waals surface area contributed by atoms with Gasteiger partial charge in [-0.2, -0.15) is 0 Å². The van der Waals surface area contributed by atoms with Gasteiger partial charge in [-0.25, -0.2) is 0 Å². The Morgan fingerprint density at radius 1 is 0.743 bits per heavy atom. The molecule has 0 fully saturated rings. The molecule has 0 saturated heterocycles. The molecule has 0 unspecified atom stereocenters. The summed E-state index contributed by atoms with van der Waals surface area (Å²) < 4.78 is 5.78. The highest BCUT2D eigenvalue weighted by Crippen LogP contribution is 2.18. The zero-order valence-electron chi connectivity index (χ0n) is 20.4. The molecular weight excluding hydrogens is 438 g/mol. The molecule has 6 heteroatoms. The van der Waals surface area contributed by atoms with Gasteiger partial charge in [0.05, 0.1) is 13.2 Å². The van der Waals surface area contributed by atoms with Crippen molar-refractivity contribution in [2.45, 2.75) is 45.4 Å². The highest BCUT2D eigenvalue weighted by atomic mass is 16.5. The van der Waals surface area contributed by atoms with Crippen molar-refractivity contribution in [2.24, 2.45) is 0 Å². The first-order chi connectivity index (χ1) is 17.1. The minimum Gasteiger partial charge on any atom is -0.494 e. The Morgan fingerprint density at radius 3 is 2.26 bits per heavy atom. The van der Waals surface area contributed by atoms with Gasteiger partial charge in [0.2, 0.25) is 11.8 Å². The van der Waals surface area contributed by atoms with Crippen molar-refractivity contribution in [1.29, 1.82) is 0 Å². The van der Waals surface area contributed by atoms with E-state index in [9.17, 15) is 9.59 Å². The second-order valence-corrected chi connectivity index (χ2v) is 8.45. The number of carbonyl (C=O) groups excluding carboxylic acids is 2. The SMILES string of the molecule is CCCCCCOc1cccc(NC(=O)CNc2ccc(NC(=O)CCc3ccccc3)cc2)c1. The van der Waals surface area contributed by atoms with Crippen LogP contribution in [0.2, 0.25) is 0 Å². The van der Waals surface area contributed by atoms with Crippen LogP contribution in [-0.4, -0.2) is 25.0 Å². The van der Waals surface area contributed by atoms with Gasteiger partial charge in [-0.1, -0.05) is 62.6 Å². The van der Waals surface area contributed by atoms with E-state index < -0.39 is 0 Å². The molecule has 0 aliphatic rings. The second kappa shape index (κ2) is 14.5. The normalized spacial score (nSPS) is 10.4. The van der Waals surface area contributed by atoms with Gasteiger partial charge in [0.15, 0.2) is 0 Å². The lowest BCUT2D eigenvalue weighted by atomic mass is 10.1. The number of nitrogens with one attached hydrogen (secondary N) is 3. The Morgan fingerprint density at radius 2 is 1.49 bits per heavy atom. The molecule has 3 N–H and O–H groups in total. The van der Waals surface area contributed by atoms with Crippen molar-refractivity contribution in [3.05, 3.63) is 84.4 Å². The van der Waals surface area contributed by atoms with Crippen LogP contribution in [0, 0.1) is 0 Å². The highest BCUT2D eigenvalue weighted by molar-refractivity contribution is 5.94. The first kappa shape index (κ1) is 25.8. The number of aryl methyl sites for hydroxylation is 1. The van der Waals surface area contributed by atoms with Crippen LogP contribution in [0.1, 0.15) is 44.6 Å². The number of hydrogen-bond acceptors (Lipinski definition) is 4. The third-order valence-corrected chi connectivity index (χ3v) is 5.49. The van der Waals surface area contributed by atoms with Gasteiger partial charge < -0.3 is 20.7 Å². The minimum absolute atomic E-state index is 0.0268. The van der Waals surface area contributed by atoms with Gasteiger partial charge in [0, 0.05) is 29.5 Å². The fraction of sp³-hybridized carbons (Fsp3) is 0.310. The van der Waals surface area contributed by atoms with Crippen LogP contribution >= 0.6 is 0 Å². The van der Waals surface area contributed by atoms with Crippen LogP contribution < -0.4 is 20.7 Å². The van der Waals surface area contributed by atoms with Gasteiger partial charge >= 0.3 is 0 Å². The Labute approximate surface area is 208 Å². The third-order valence-electron chi connectivity index (χ3n) is 5.49. The summed E-state index contributed by atoms with van der Waals surface area (Å²) in [6.07, 6.45) is 5.75. The van der Waals surface area contributed by atoms with Gasteiger partial charge in [-0.15, -0.1) is 0 Å². The largest absolute Gasteiger partial charge is 0.494 e. The third kappa shape index (κ3) is 9.92. The molecule has 0 spiro atoms. The molecule has 6 nitrogen and oxygen atoms in total. The highest BCUT2D eigenvalue weighted by Gasteiger charge is 2.06. The Hall–Kier alpha value is -3.80. The molecule has 0 aliphatic carbocycles. The molecule has 3 aromatic carbocycles. The summed E-state index contributed by atoms with van der Waals surface area (Å²) in [4.78, 5) is 24.6. The van der Waals surface area contributed by atoms with E-state index in [1.54, 1.807) is 0 Å². The predicted octanol–water partition coefficient (Wildman–Crippen LogP) is 6.27. The standard InChI is InChI=1S/C29H35N3O3/c1-2-3-4-8-20-35-27-13-9-12-26(21-27)32-29(34)22-30-24-15-17-25(18-16-24)31-28(33)19-14-23-10-6-5-7-11-23/h5-7,9-13,15-18,21,30H,2-4,8,14,19-20,22H2,1H3,(H,31,33)(H,32,34). The number of carbonyl (C=O) groups is 2. The molecule has 2 amide bonds. The zero-order chi connectivity index (χ0) is 24.7. The van der Waals surface area contributed by atoms with E-state index in [4.69, 9.17) is 4.74 Å². The predicted molar refractivity (Wildman–Crippen MR) is 143 cm³/mol. The Balaban J connectivity index is 1.37. The van der Waals surface area contributed by atoms with Crippen LogP contribution in [-0.2, 0) is 16.0 Å². The number of benzene rings is 3. The summed E-state index contributed by atoms with van der Waals surface area (Å²) in [7, 11) is 0.